The Bertz CT molecular complexity index is 517. The van der Waals surface area contributed by atoms with Crippen LogP contribution in [-0.4, -0.2) is 18.2 Å². The lowest BCUT2D eigenvalue weighted by Gasteiger charge is -2.11. The van der Waals surface area contributed by atoms with Gasteiger partial charge in [-0.3, -0.25) is 9.52 Å². The second-order valence-electron chi connectivity index (χ2n) is 3.74. The van der Waals surface area contributed by atoms with Crippen LogP contribution in [0.3, 0.4) is 0 Å². The highest BCUT2D eigenvalue weighted by atomic mass is 32.2. The van der Waals surface area contributed by atoms with Crippen LogP contribution in [0.5, 0.6) is 0 Å². The highest BCUT2D eigenvalue weighted by Gasteiger charge is 2.15. The first-order valence-electron chi connectivity index (χ1n) is 5.09. The first-order valence-corrected chi connectivity index (χ1v) is 6.63. The van der Waals surface area contributed by atoms with Gasteiger partial charge in [-0.05, 0) is 26.8 Å². The van der Waals surface area contributed by atoms with E-state index in [1.807, 2.05) is 6.92 Å². The SMILES string of the molecule is CCn1cc(NS(=O)(=O)C(C)C)ccc1=O. The van der Waals surface area contributed by atoms with Crippen molar-refractivity contribution in [2.24, 2.45) is 0 Å². The summed E-state index contributed by atoms with van der Waals surface area (Å²) < 4.78 is 27.0. The molecule has 0 radical (unpaired) electrons. The summed E-state index contributed by atoms with van der Waals surface area (Å²) in [6.45, 7) is 5.52. The van der Waals surface area contributed by atoms with E-state index >= 15 is 0 Å². The number of rotatable bonds is 4. The fourth-order valence-electron chi connectivity index (χ4n) is 1.12. The van der Waals surface area contributed by atoms with Gasteiger partial charge in [0.2, 0.25) is 10.0 Å². The van der Waals surface area contributed by atoms with Crippen molar-refractivity contribution >= 4 is 15.7 Å². The number of aryl methyl sites for hydroxylation is 1. The van der Waals surface area contributed by atoms with Crippen molar-refractivity contribution in [1.82, 2.24) is 4.57 Å². The topological polar surface area (TPSA) is 68.2 Å². The fraction of sp³-hybridized carbons (Fsp3) is 0.500. The molecule has 90 valence electrons. The first-order chi connectivity index (χ1) is 7.36. The Kier molecular flexibility index (Phi) is 3.74. The minimum Gasteiger partial charge on any atom is -0.314 e. The Hall–Kier alpha value is -1.30. The van der Waals surface area contributed by atoms with Gasteiger partial charge in [-0.15, -0.1) is 0 Å². The van der Waals surface area contributed by atoms with Crippen molar-refractivity contribution in [2.45, 2.75) is 32.6 Å². The van der Waals surface area contributed by atoms with Crippen molar-refractivity contribution in [1.29, 1.82) is 0 Å². The molecule has 0 aliphatic carbocycles. The van der Waals surface area contributed by atoms with Gasteiger partial charge in [0.25, 0.3) is 5.56 Å². The molecule has 5 nitrogen and oxygen atoms in total. The summed E-state index contributed by atoms with van der Waals surface area (Å²) in [7, 11) is -3.35. The molecular weight excluding hydrogens is 228 g/mol. The zero-order chi connectivity index (χ0) is 12.3. The summed E-state index contributed by atoms with van der Waals surface area (Å²) in [6, 6.07) is 2.82. The van der Waals surface area contributed by atoms with E-state index in [0.29, 0.717) is 12.2 Å². The maximum absolute atomic E-state index is 11.6. The number of hydrogen-bond donors (Lipinski definition) is 1. The number of nitrogens with zero attached hydrogens (tertiary/aromatic N) is 1. The quantitative estimate of drug-likeness (QED) is 0.859. The number of sulfonamides is 1. The second-order valence-corrected chi connectivity index (χ2v) is 5.97. The molecule has 1 rings (SSSR count). The number of nitrogens with one attached hydrogen (secondary N) is 1. The number of aromatic nitrogens is 1. The third kappa shape index (κ3) is 2.85. The summed E-state index contributed by atoms with van der Waals surface area (Å²) >= 11 is 0. The molecule has 0 spiro atoms. The monoisotopic (exact) mass is 244 g/mol. The summed E-state index contributed by atoms with van der Waals surface area (Å²) in [5, 5.41) is -0.505. The standard InChI is InChI=1S/C10H16N2O3S/c1-4-12-7-9(5-6-10(12)13)11-16(14,15)8(2)3/h5-8,11H,4H2,1-3H3. The van der Waals surface area contributed by atoms with Gasteiger partial charge in [-0.1, -0.05) is 0 Å². The van der Waals surface area contributed by atoms with Gasteiger partial charge in [0.1, 0.15) is 0 Å². The lowest BCUT2D eigenvalue weighted by Crippen LogP contribution is -2.24. The van der Waals surface area contributed by atoms with Crippen LogP contribution in [0.25, 0.3) is 0 Å². The van der Waals surface area contributed by atoms with E-state index in [-0.39, 0.29) is 5.56 Å². The average Bonchev–Trinajstić information content (AvgIpc) is 2.20. The Balaban J connectivity index is 3.04. The van der Waals surface area contributed by atoms with Crippen LogP contribution in [0.1, 0.15) is 20.8 Å². The molecule has 0 aliphatic rings. The predicted octanol–water partition coefficient (Wildman–Crippen LogP) is 1.02. The molecular formula is C10H16N2O3S. The Morgan fingerprint density at radius 3 is 2.50 bits per heavy atom. The minimum atomic E-state index is -3.35. The Morgan fingerprint density at radius 1 is 1.38 bits per heavy atom. The molecule has 0 amide bonds. The second kappa shape index (κ2) is 4.69. The molecule has 16 heavy (non-hydrogen) atoms. The third-order valence-electron chi connectivity index (χ3n) is 2.20. The summed E-state index contributed by atoms with van der Waals surface area (Å²) in [5.74, 6) is 0. The van der Waals surface area contributed by atoms with Crippen molar-refractivity contribution in [3.05, 3.63) is 28.7 Å². The van der Waals surface area contributed by atoms with Crippen LogP contribution in [0.15, 0.2) is 23.1 Å². The number of hydrogen-bond acceptors (Lipinski definition) is 3. The van der Waals surface area contributed by atoms with Crippen LogP contribution in [0.4, 0.5) is 5.69 Å². The van der Waals surface area contributed by atoms with Crippen LogP contribution in [0.2, 0.25) is 0 Å². The lowest BCUT2D eigenvalue weighted by atomic mass is 10.4. The summed E-state index contributed by atoms with van der Waals surface area (Å²) in [5.41, 5.74) is 0.269. The highest BCUT2D eigenvalue weighted by Crippen LogP contribution is 2.09. The zero-order valence-corrected chi connectivity index (χ0v) is 10.4. The van der Waals surface area contributed by atoms with Crippen molar-refractivity contribution in [3.8, 4) is 0 Å². The molecule has 1 N–H and O–H groups in total. The third-order valence-corrected chi connectivity index (χ3v) is 3.97. The van der Waals surface area contributed by atoms with Gasteiger partial charge >= 0.3 is 0 Å². The van der Waals surface area contributed by atoms with Gasteiger partial charge in [0, 0.05) is 18.8 Å². The van der Waals surface area contributed by atoms with Crippen LogP contribution in [-0.2, 0) is 16.6 Å². The molecule has 1 aromatic heterocycles. The van der Waals surface area contributed by atoms with Crippen LogP contribution >= 0.6 is 0 Å². The summed E-state index contributed by atoms with van der Waals surface area (Å²) in [4.78, 5) is 11.3. The van der Waals surface area contributed by atoms with Gasteiger partial charge < -0.3 is 4.57 Å². The maximum atomic E-state index is 11.6. The van der Waals surface area contributed by atoms with Gasteiger partial charge in [-0.25, -0.2) is 8.42 Å². The van der Waals surface area contributed by atoms with Crippen molar-refractivity contribution in [3.63, 3.8) is 0 Å². The van der Waals surface area contributed by atoms with E-state index in [0.717, 1.165) is 0 Å². The van der Waals surface area contributed by atoms with E-state index in [1.54, 1.807) is 13.8 Å². The Morgan fingerprint density at radius 2 is 2.00 bits per heavy atom. The smallest absolute Gasteiger partial charge is 0.250 e. The van der Waals surface area contributed by atoms with Gasteiger partial charge in [-0.2, -0.15) is 0 Å². The van der Waals surface area contributed by atoms with Gasteiger partial charge in [0.05, 0.1) is 10.9 Å². The first kappa shape index (κ1) is 12.8. The Labute approximate surface area is 95.2 Å². The fourth-order valence-corrected chi connectivity index (χ4v) is 1.81. The molecule has 0 aromatic carbocycles. The molecule has 0 bridgehead atoms. The molecule has 0 saturated heterocycles. The minimum absolute atomic E-state index is 0.144. The van der Waals surface area contributed by atoms with Gasteiger partial charge in [0.15, 0.2) is 0 Å². The van der Waals surface area contributed by atoms with Crippen LogP contribution < -0.4 is 10.3 Å². The molecule has 0 atom stereocenters. The predicted molar refractivity (Wildman–Crippen MR) is 64.1 cm³/mol. The van der Waals surface area contributed by atoms with E-state index in [1.165, 1.54) is 22.9 Å². The molecule has 0 aliphatic heterocycles. The van der Waals surface area contributed by atoms with E-state index < -0.39 is 15.3 Å². The molecule has 0 fully saturated rings. The molecule has 0 saturated carbocycles. The normalized spacial score (nSPS) is 11.8. The maximum Gasteiger partial charge on any atom is 0.250 e. The van der Waals surface area contributed by atoms with Crippen LogP contribution in [0, 0.1) is 0 Å². The van der Waals surface area contributed by atoms with E-state index in [4.69, 9.17) is 0 Å². The van der Waals surface area contributed by atoms with E-state index in [2.05, 4.69) is 4.72 Å². The lowest BCUT2D eigenvalue weighted by molar-refractivity contribution is 0.592. The summed E-state index contributed by atoms with van der Waals surface area (Å²) in [6.07, 6.45) is 1.50. The molecule has 6 heteroatoms. The molecule has 1 heterocycles. The zero-order valence-electron chi connectivity index (χ0n) is 9.60. The average molecular weight is 244 g/mol. The number of anilines is 1. The molecule has 0 unspecified atom stereocenters. The molecule has 1 aromatic rings. The van der Waals surface area contributed by atoms with E-state index in [9.17, 15) is 13.2 Å². The highest BCUT2D eigenvalue weighted by molar-refractivity contribution is 7.93. The van der Waals surface area contributed by atoms with Crippen molar-refractivity contribution < 1.29 is 8.42 Å². The number of pyridine rings is 1. The largest absolute Gasteiger partial charge is 0.314 e. The van der Waals surface area contributed by atoms with Crippen molar-refractivity contribution in [2.75, 3.05) is 4.72 Å².